The van der Waals surface area contributed by atoms with Crippen LogP contribution in [0, 0.1) is 13.8 Å². The maximum atomic E-state index is 12.4. The number of amides is 1. The zero-order chi connectivity index (χ0) is 16.4. The number of carbonyl (C=O) groups is 1. The van der Waals surface area contributed by atoms with Gasteiger partial charge in [-0.15, -0.1) is 0 Å². The molecule has 5 heteroatoms. The molecule has 4 nitrogen and oxygen atoms in total. The highest BCUT2D eigenvalue weighted by Gasteiger charge is 2.31. The molecule has 1 aliphatic heterocycles. The first kappa shape index (κ1) is 16.0. The summed E-state index contributed by atoms with van der Waals surface area (Å²) in [5.41, 5.74) is 10.4. The van der Waals surface area contributed by atoms with Gasteiger partial charge in [-0.3, -0.25) is 4.79 Å². The predicted octanol–water partition coefficient (Wildman–Crippen LogP) is 3.50. The summed E-state index contributed by atoms with van der Waals surface area (Å²) in [4.78, 5) is 12.4. The van der Waals surface area contributed by atoms with E-state index in [2.05, 4.69) is 23.1 Å². The Morgan fingerprint density at radius 1 is 1.13 bits per heavy atom. The molecule has 1 aliphatic rings. The van der Waals surface area contributed by atoms with Gasteiger partial charge in [0.25, 0.3) is 0 Å². The zero-order valence-corrected chi connectivity index (χ0v) is 13.9. The summed E-state index contributed by atoms with van der Waals surface area (Å²) in [6.45, 7) is 4.09. The quantitative estimate of drug-likeness (QED) is 0.807. The number of aryl methyl sites for hydroxylation is 2. The van der Waals surface area contributed by atoms with E-state index in [9.17, 15) is 4.79 Å². The van der Waals surface area contributed by atoms with E-state index in [1.54, 1.807) is 0 Å². The molecule has 0 aromatic heterocycles. The summed E-state index contributed by atoms with van der Waals surface area (Å²) in [6, 6.07) is 13.3. The summed E-state index contributed by atoms with van der Waals surface area (Å²) in [7, 11) is 0. The summed E-state index contributed by atoms with van der Waals surface area (Å²) < 4.78 is 0. The van der Waals surface area contributed by atoms with Crippen LogP contribution in [0.2, 0.25) is 5.02 Å². The van der Waals surface area contributed by atoms with Gasteiger partial charge in [0.05, 0.1) is 0 Å². The van der Waals surface area contributed by atoms with Crippen molar-refractivity contribution in [1.29, 1.82) is 0 Å². The molecule has 0 radical (unpaired) electrons. The zero-order valence-electron chi connectivity index (χ0n) is 13.2. The van der Waals surface area contributed by atoms with Gasteiger partial charge in [-0.1, -0.05) is 35.9 Å². The van der Waals surface area contributed by atoms with Crippen LogP contribution >= 0.6 is 11.6 Å². The molecule has 2 unspecified atom stereocenters. The van der Waals surface area contributed by atoms with Crippen molar-refractivity contribution in [2.24, 2.45) is 0 Å². The van der Waals surface area contributed by atoms with E-state index in [1.807, 2.05) is 49.4 Å². The fourth-order valence-electron chi connectivity index (χ4n) is 2.74. The molecule has 1 fully saturated rings. The third-order valence-electron chi connectivity index (χ3n) is 4.27. The first-order chi connectivity index (χ1) is 11.0. The van der Waals surface area contributed by atoms with Crippen LogP contribution in [0.5, 0.6) is 0 Å². The normalized spacial score (nSPS) is 20.5. The Hall–Kier alpha value is -1.88. The number of hydrogen-bond donors (Lipinski definition) is 3. The molecule has 23 heavy (non-hydrogen) atoms. The molecule has 2 aromatic rings. The second-order valence-corrected chi connectivity index (χ2v) is 6.35. The van der Waals surface area contributed by atoms with E-state index in [0.29, 0.717) is 11.4 Å². The van der Waals surface area contributed by atoms with Gasteiger partial charge in [-0.25, -0.2) is 10.9 Å². The van der Waals surface area contributed by atoms with Gasteiger partial charge in [0.15, 0.2) is 0 Å². The average Bonchev–Trinajstić information content (AvgIpc) is 3.01. The van der Waals surface area contributed by atoms with E-state index in [-0.39, 0.29) is 18.0 Å². The minimum absolute atomic E-state index is 0.0270. The second-order valence-electron chi connectivity index (χ2n) is 5.94. The van der Waals surface area contributed by atoms with Crippen molar-refractivity contribution in [2.45, 2.75) is 32.4 Å². The van der Waals surface area contributed by atoms with Gasteiger partial charge < -0.3 is 5.32 Å². The standard InChI is InChI=1S/C18H20ClN3O/c1-11-7-8-13(9-12(11)2)20-18(23)17-10-16(21-22-17)14-5-3-4-6-15(14)19/h3-9,16-17,21-22H,10H2,1-2H3,(H,20,23). The molecular formula is C18H20ClN3O. The van der Waals surface area contributed by atoms with E-state index >= 15 is 0 Å². The van der Waals surface area contributed by atoms with Crippen LogP contribution in [0.3, 0.4) is 0 Å². The molecule has 120 valence electrons. The topological polar surface area (TPSA) is 53.2 Å². The minimum Gasteiger partial charge on any atom is -0.325 e. The highest BCUT2D eigenvalue weighted by Crippen LogP contribution is 2.28. The van der Waals surface area contributed by atoms with Crippen LogP contribution in [0.25, 0.3) is 0 Å². The third kappa shape index (κ3) is 3.55. The van der Waals surface area contributed by atoms with E-state index < -0.39 is 0 Å². The number of anilines is 1. The Morgan fingerprint density at radius 3 is 2.65 bits per heavy atom. The molecule has 1 amide bonds. The van der Waals surface area contributed by atoms with Crippen molar-refractivity contribution in [3.63, 3.8) is 0 Å². The molecule has 1 heterocycles. The van der Waals surface area contributed by atoms with Crippen LogP contribution in [0.1, 0.15) is 29.2 Å². The Morgan fingerprint density at radius 2 is 1.91 bits per heavy atom. The van der Waals surface area contributed by atoms with Crippen molar-refractivity contribution < 1.29 is 4.79 Å². The Labute approximate surface area is 141 Å². The summed E-state index contributed by atoms with van der Waals surface area (Å²) in [5, 5.41) is 3.67. The van der Waals surface area contributed by atoms with Crippen LogP contribution in [-0.2, 0) is 4.79 Å². The number of hydrazine groups is 1. The monoisotopic (exact) mass is 329 g/mol. The van der Waals surface area contributed by atoms with Crippen molar-refractivity contribution >= 4 is 23.2 Å². The molecule has 0 aliphatic carbocycles. The highest BCUT2D eigenvalue weighted by molar-refractivity contribution is 6.31. The lowest BCUT2D eigenvalue weighted by molar-refractivity contribution is -0.117. The second kappa shape index (κ2) is 6.71. The van der Waals surface area contributed by atoms with E-state index in [0.717, 1.165) is 16.8 Å². The molecule has 0 bridgehead atoms. The fourth-order valence-corrected chi connectivity index (χ4v) is 3.01. The predicted molar refractivity (Wildman–Crippen MR) is 93.4 cm³/mol. The fraction of sp³-hybridized carbons (Fsp3) is 0.278. The molecule has 3 rings (SSSR count). The number of hydrogen-bond acceptors (Lipinski definition) is 3. The summed E-state index contributed by atoms with van der Waals surface area (Å²) >= 11 is 6.23. The maximum absolute atomic E-state index is 12.4. The van der Waals surface area contributed by atoms with Crippen molar-refractivity contribution in [2.75, 3.05) is 5.32 Å². The Balaban J connectivity index is 1.65. The lowest BCUT2D eigenvalue weighted by atomic mass is 10.0. The summed E-state index contributed by atoms with van der Waals surface area (Å²) in [5.74, 6) is -0.0460. The van der Waals surface area contributed by atoms with Gasteiger partial charge >= 0.3 is 0 Å². The molecule has 1 saturated heterocycles. The van der Waals surface area contributed by atoms with Crippen LogP contribution < -0.4 is 16.2 Å². The number of halogens is 1. The van der Waals surface area contributed by atoms with Gasteiger partial charge in [-0.2, -0.15) is 0 Å². The first-order valence-electron chi connectivity index (χ1n) is 7.68. The van der Waals surface area contributed by atoms with E-state index in [4.69, 9.17) is 11.6 Å². The molecule has 0 saturated carbocycles. The van der Waals surface area contributed by atoms with Gasteiger partial charge in [0.2, 0.25) is 5.91 Å². The van der Waals surface area contributed by atoms with Gasteiger partial charge in [0, 0.05) is 16.8 Å². The Bertz CT molecular complexity index is 732. The average molecular weight is 330 g/mol. The minimum atomic E-state index is -0.294. The lowest BCUT2D eigenvalue weighted by Gasteiger charge is -2.12. The van der Waals surface area contributed by atoms with E-state index in [1.165, 1.54) is 5.56 Å². The smallest absolute Gasteiger partial charge is 0.242 e. The van der Waals surface area contributed by atoms with Crippen LogP contribution in [0.15, 0.2) is 42.5 Å². The number of benzene rings is 2. The van der Waals surface area contributed by atoms with Gasteiger partial charge in [-0.05, 0) is 55.2 Å². The number of carbonyl (C=O) groups excluding carboxylic acids is 1. The first-order valence-corrected chi connectivity index (χ1v) is 8.06. The van der Waals surface area contributed by atoms with Crippen molar-refractivity contribution in [1.82, 2.24) is 10.9 Å². The number of nitrogens with one attached hydrogen (secondary N) is 3. The summed E-state index contributed by atoms with van der Waals surface area (Å²) in [6.07, 6.45) is 0.653. The molecule has 2 aromatic carbocycles. The molecule has 0 spiro atoms. The SMILES string of the molecule is Cc1ccc(NC(=O)C2CC(c3ccccc3Cl)NN2)cc1C. The molecular weight excluding hydrogens is 310 g/mol. The van der Waals surface area contributed by atoms with Crippen molar-refractivity contribution in [3.05, 3.63) is 64.2 Å². The number of rotatable bonds is 3. The molecule has 3 N–H and O–H groups in total. The van der Waals surface area contributed by atoms with Gasteiger partial charge in [0.1, 0.15) is 6.04 Å². The van der Waals surface area contributed by atoms with Crippen LogP contribution in [0.4, 0.5) is 5.69 Å². The molecule has 2 atom stereocenters. The Kier molecular flexibility index (Phi) is 4.66. The maximum Gasteiger partial charge on any atom is 0.242 e. The largest absolute Gasteiger partial charge is 0.325 e. The van der Waals surface area contributed by atoms with Crippen molar-refractivity contribution in [3.8, 4) is 0 Å². The lowest BCUT2D eigenvalue weighted by Crippen LogP contribution is -2.39. The third-order valence-corrected chi connectivity index (χ3v) is 4.62. The van der Waals surface area contributed by atoms with Crippen LogP contribution in [-0.4, -0.2) is 11.9 Å². The highest BCUT2D eigenvalue weighted by atomic mass is 35.5.